The Kier molecular flexibility index (Phi) is 3.83. The third-order valence-electron chi connectivity index (χ3n) is 2.87. The molecule has 3 rings (SSSR count). The maximum absolute atomic E-state index is 5.97. The molecule has 0 amide bonds. The fourth-order valence-electron chi connectivity index (χ4n) is 1.77. The first-order chi connectivity index (χ1) is 10.2. The molecule has 21 heavy (non-hydrogen) atoms. The zero-order valence-electron chi connectivity index (χ0n) is 11.3. The monoisotopic (exact) mass is 301 g/mol. The third-order valence-corrected chi connectivity index (χ3v) is 3.30. The molecule has 0 bridgehead atoms. The molecule has 106 valence electrons. The van der Waals surface area contributed by atoms with Gasteiger partial charge in [-0.2, -0.15) is 4.98 Å². The van der Waals surface area contributed by atoms with Crippen molar-refractivity contribution in [3.8, 4) is 17.2 Å². The van der Waals surface area contributed by atoms with Crippen LogP contribution in [0.25, 0.3) is 11.5 Å². The summed E-state index contributed by atoms with van der Waals surface area (Å²) in [6.45, 7) is 2.15. The van der Waals surface area contributed by atoms with Crippen molar-refractivity contribution in [1.82, 2.24) is 15.1 Å². The highest BCUT2D eigenvalue weighted by Gasteiger charge is 2.09. The number of ether oxygens (including phenoxy) is 1. The number of nitrogens with zero attached hydrogens (tertiary/aromatic N) is 3. The topological polar surface area (TPSA) is 61.0 Å². The molecule has 5 nitrogen and oxygen atoms in total. The second-order valence-electron chi connectivity index (χ2n) is 4.46. The van der Waals surface area contributed by atoms with Gasteiger partial charge < -0.3 is 9.26 Å². The van der Waals surface area contributed by atoms with E-state index in [0.29, 0.717) is 22.5 Å². The van der Waals surface area contributed by atoms with E-state index in [2.05, 4.69) is 15.1 Å². The van der Waals surface area contributed by atoms with Gasteiger partial charge >= 0.3 is 0 Å². The summed E-state index contributed by atoms with van der Waals surface area (Å²) in [4.78, 5) is 8.28. The Bertz CT molecular complexity index is 744. The lowest BCUT2D eigenvalue weighted by molar-refractivity contribution is 0.287. The van der Waals surface area contributed by atoms with Crippen LogP contribution in [0.5, 0.6) is 5.75 Å². The Morgan fingerprint density at radius 1 is 1.29 bits per heavy atom. The Morgan fingerprint density at radius 3 is 2.95 bits per heavy atom. The highest BCUT2D eigenvalue weighted by Crippen LogP contribution is 2.22. The van der Waals surface area contributed by atoms with E-state index in [-0.39, 0.29) is 6.61 Å². The Morgan fingerprint density at radius 2 is 2.19 bits per heavy atom. The minimum atomic E-state index is 0.227. The van der Waals surface area contributed by atoms with E-state index in [1.165, 1.54) is 0 Å². The van der Waals surface area contributed by atoms with Crippen molar-refractivity contribution in [3.63, 3.8) is 0 Å². The van der Waals surface area contributed by atoms with Gasteiger partial charge in [-0.3, -0.25) is 4.98 Å². The summed E-state index contributed by atoms with van der Waals surface area (Å²) in [7, 11) is 0. The predicted octanol–water partition coefficient (Wildman–Crippen LogP) is 3.67. The van der Waals surface area contributed by atoms with Crippen LogP contribution in [0.15, 0.2) is 47.2 Å². The Labute approximate surface area is 126 Å². The SMILES string of the molecule is Cc1cc(OCc2noc(-c3cccnc3)n2)ccc1Cl. The lowest BCUT2D eigenvalue weighted by Crippen LogP contribution is -1.97. The smallest absolute Gasteiger partial charge is 0.259 e. The molecule has 0 aliphatic carbocycles. The summed E-state index contributed by atoms with van der Waals surface area (Å²) in [5.74, 6) is 1.61. The molecule has 1 aromatic carbocycles. The van der Waals surface area contributed by atoms with E-state index >= 15 is 0 Å². The van der Waals surface area contributed by atoms with E-state index in [4.69, 9.17) is 20.9 Å². The Balaban J connectivity index is 1.69. The summed E-state index contributed by atoms with van der Waals surface area (Å²) in [6, 6.07) is 9.13. The lowest BCUT2D eigenvalue weighted by atomic mass is 10.2. The first-order valence-electron chi connectivity index (χ1n) is 6.34. The fraction of sp³-hybridized carbons (Fsp3) is 0.133. The first-order valence-corrected chi connectivity index (χ1v) is 6.72. The summed E-state index contributed by atoms with van der Waals surface area (Å²) in [5, 5.41) is 4.59. The summed E-state index contributed by atoms with van der Waals surface area (Å²) in [5.41, 5.74) is 1.73. The largest absolute Gasteiger partial charge is 0.485 e. The predicted molar refractivity (Wildman–Crippen MR) is 78.1 cm³/mol. The van der Waals surface area contributed by atoms with Crippen molar-refractivity contribution in [2.75, 3.05) is 0 Å². The highest BCUT2D eigenvalue weighted by molar-refractivity contribution is 6.31. The quantitative estimate of drug-likeness (QED) is 0.735. The molecule has 0 unspecified atom stereocenters. The van der Waals surface area contributed by atoms with Crippen LogP contribution in [0.2, 0.25) is 5.02 Å². The molecule has 0 atom stereocenters. The maximum atomic E-state index is 5.97. The third kappa shape index (κ3) is 3.20. The van der Waals surface area contributed by atoms with Gasteiger partial charge in [0, 0.05) is 17.4 Å². The number of rotatable bonds is 4. The van der Waals surface area contributed by atoms with Crippen LogP contribution in [-0.2, 0) is 6.61 Å². The fourth-order valence-corrected chi connectivity index (χ4v) is 1.89. The molecule has 0 aliphatic heterocycles. The van der Waals surface area contributed by atoms with E-state index in [1.807, 2.05) is 25.1 Å². The van der Waals surface area contributed by atoms with Crippen LogP contribution < -0.4 is 4.74 Å². The van der Waals surface area contributed by atoms with Crippen LogP contribution in [0, 0.1) is 6.92 Å². The van der Waals surface area contributed by atoms with E-state index in [1.54, 1.807) is 24.5 Å². The zero-order chi connectivity index (χ0) is 14.7. The van der Waals surface area contributed by atoms with E-state index in [0.717, 1.165) is 11.1 Å². The summed E-state index contributed by atoms with van der Waals surface area (Å²) < 4.78 is 10.8. The molecule has 6 heteroatoms. The molecule has 0 fully saturated rings. The molecule has 0 saturated carbocycles. The van der Waals surface area contributed by atoms with Gasteiger partial charge in [0.25, 0.3) is 5.89 Å². The molecule has 0 saturated heterocycles. The number of benzene rings is 1. The molecule has 0 radical (unpaired) electrons. The zero-order valence-corrected chi connectivity index (χ0v) is 12.0. The van der Waals surface area contributed by atoms with Crippen LogP contribution in [0.3, 0.4) is 0 Å². The van der Waals surface area contributed by atoms with Crippen LogP contribution in [0.4, 0.5) is 0 Å². The van der Waals surface area contributed by atoms with Crippen molar-refractivity contribution in [1.29, 1.82) is 0 Å². The normalized spacial score (nSPS) is 10.6. The number of hydrogen-bond acceptors (Lipinski definition) is 5. The maximum Gasteiger partial charge on any atom is 0.259 e. The van der Waals surface area contributed by atoms with Gasteiger partial charge in [-0.15, -0.1) is 0 Å². The number of hydrogen-bond donors (Lipinski definition) is 0. The molecule has 3 aromatic rings. The van der Waals surface area contributed by atoms with Gasteiger partial charge in [0.2, 0.25) is 5.82 Å². The summed E-state index contributed by atoms with van der Waals surface area (Å²) in [6.07, 6.45) is 3.35. The minimum Gasteiger partial charge on any atom is -0.485 e. The number of aryl methyl sites for hydroxylation is 1. The van der Waals surface area contributed by atoms with Gasteiger partial charge in [-0.1, -0.05) is 16.8 Å². The van der Waals surface area contributed by atoms with Crippen molar-refractivity contribution < 1.29 is 9.26 Å². The van der Waals surface area contributed by atoms with Gasteiger partial charge in [-0.25, -0.2) is 0 Å². The van der Waals surface area contributed by atoms with Crippen LogP contribution >= 0.6 is 11.6 Å². The second kappa shape index (κ2) is 5.93. The average molecular weight is 302 g/mol. The average Bonchev–Trinajstić information content (AvgIpc) is 2.98. The minimum absolute atomic E-state index is 0.227. The van der Waals surface area contributed by atoms with Gasteiger partial charge in [0.1, 0.15) is 5.75 Å². The van der Waals surface area contributed by atoms with E-state index < -0.39 is 0 Å². The standard InChI is InChI=1S/C15H12ClN3O2/c1-10-7-12(4-5-13(10)16)20-9-14-18-15(21-19-14)11-3-2-6-17-8-11/h2-8H,9H2,1H3. The molecule has 0 spiro atoms. The second-order valence-corrected chi connectivity index (χ2v) is 4.86. The Hall–Kier alpha value is -2.40. The molecular formula is C15H12ClN3O2. The van der Waals surface area contributed by atoms with Gasteiger partial charge in [0.15, 0.2) is 6.61 Å². The van der Waals surface area contributed by atoms with Crippen molar-refractivity contribution in [3.05, 3.63) is 59.1 Å². The van der Waals surface area contributed by atoms with Crippen molar-refractivity contribution in [2.24, 2.45) is 0 Å². The van der Waals surface area contributed by atoms with E-state index in [9.17, 15) is 0 Å². The first kappa shape index (κ1) is 13.6. The van der Waals surface area contributed by atoms with Gasteiger partial charge in [-0.05, 0) is 42.8 Å². The van der Waals surface area contributed by atoms with Gasteiger partial charge in [0.05, 0.1) is 5.56 Å². The molecular weight excluding hydrogens is 290 g/mol. The number of pyridine rings is 1. The molecule has 2 heterocycles. The summed E-state index contributed by atoms with van der Waals surface area (Å²) >= 11 is 5.97. The van der Waals surface area contributed by atoms with Crippen LogP contribution in [0.1, 0.15) is 11.4 Å². The molecule has 0 N–H and O–H groups in total. The number of aromatic nitrogens is 3. The lowest BCUT2D eigenvalue weighted by Gasteiger charge is -2.05. The van der Waals surface area contributed by atoms with Crippen LogP contribution in [-0.4, -0.2) is 15.1 Å². The highest BCUT2D eigenvalue weighted by atomic mass is 35.5. The van der Waals surface area contributed by atoms with Crippen molar-refractivity contribution in [2.45, 2.75) is 13.5 Å². The van der Waals surface area contributed by atoms with Crippen molar-refractivity contribution >= 4 is 11.6 Å². The molecule has 2 aromatic heterocycles. The molecule has 0 aliphatic rings. The number of halogens is 1.